The minimum absolute atomic E-state index is 0.336. The van der Waals surface area contributed by atoms with Gasteiger partial charge in [0.1, 0.15) is 0 Å². The van der Waals surface area contributed by atoms with E-state index in [0.717, 1.165) is 5.56 Å². The molecule has 1 unspecified atom stereocenters. The van der Waals surface area contributed by atoms with Crippen LogP contribution < -0.4 is 0 Å². The second-order valence-electron chi connectivity index (χ2n) is 3.88. The van der Waals surface area contributed by atoms with Crippen molar-refractivity contribution in [1.82, 2.24) is 0 Å². The molecule has 0 fully saturated rings. The molecule has 0 saturated heterocycles. The molecule has 0 aliphatic rings. The molecule has 0 amide bonds. The first kappa shape index (κ1) is 14.9. The molecular weight excluding hydrogens is 331 g/mol. The Morgan fingerprint density at radius 3 is 2.53 bits per heavy atom. The summed E-state index contributed by atoms with van der Waals surface area (Å²) in [5.41, 5.74) is 1.16. The third-order valence-electron chi connectivity index (χ3n) is 2.41. The van der Waals surface area contributed by atoms with Crippen molar-refractivity contribution in [1.29, 1.82) is 0 Å². The molecule has 0 bridgehead atoms. The van der Waals surface area contributed by atoms with Crippen LogP contribution in [0.15, 0.2) is 24.3 Å². The Morgan fingerprint density at radius 2 is 1.88 bits per heavy atom. The number of hydrogen-bond donors (Lipinski definition) is 1. The highest BCUT2D eigenvalue weighted by Crippen LogP contribution is 2.10. The maximum atomic E-state index is 9.82. The fourth-order valence-corrected chi connectivity index (χ4v) is 1.82. The van der Waals surface area contributed by atoms with Crippen LogP contribution in [0.3, 0.4) is 0 Å². The van der Waals surface area contributed by atoms with Gasteiger partial charge in [-0.25, -0.2) is 0 Å². The first-order valence-corrected chi connectivity index (χ1v) is 6.79. The van der Waals surface area contributed by atoms with Crippen molar-refractivity contribution in [3.05, 3.63) is 33.4 Å². The van der Waals surface area contributed by atoms with Gasteiger partial charge in [-0.15, -0.1) is 0 Å². The van der Waals surface area contributed by atoms with Crippen LogP contribution in [0, 0.1) is 3.57 Å². The van der Waals surface area contributed by atoms with Gasteiger partial charge in [-0.2, -0.15) is 0 Å². The molecule has 0 radical (unpaired) electrons. The lowest BCUT2D eigenvalue weighted by Gasteiger charge is -2.11. The Balaban J connectivity index is 2.16. The van der Waals surface area contributed by atoms with Crippen molar-refractivity contribution in [3.63, 3.8) is 0 Å². The van der Waals surface area contributed by atoms with Crippen molar-refractivity contribution < 1.29 is 14.6 Å². The molecule has 3 nitrogen and oxygen atoms in total. The van der Waals surface area contributed by atoms with E-state index in [0.29, 0.717) is 32.7 Å². The van der Waals surface area contributed by atoms with E-state index in [9.17, 15) is 5.11 Å². The van der Waals surface area contributed by atoms with Crippen LogP contribution in [-0.2, 0) is 15.9 Å². The molecule has 0 aliphatic heterocycles. The Hall–Kier alpha value is -0.170. The monoisotopic (exact) mass is 350 g/mol. The molecule has 1 N–H and O–H groups in total. The number of ether oxygens (including phenoxy) is 2. The van der Waals surface area contributed by atoms with Crippen molar-refractivity contribution >= 4 is 22.6 Å². The van der Waals surface area contributed by atoms with E-state index >= 15 is 0 Å². The summed E-state index contributed by atoms with van der Waals surface area (Å²) in [5.74, 6) is 0. The van der Waals surface area contributed by atoms with Crippen LogP contribution in [0.2, 0.25) is 0 Å². The lowest BCUT2D eigenvalue weighted by molar-refractivity contribution is 0.0479. The summed E-state index contributed by atoms with van der Waals surface area (Å²) in [7, 11) is 1.65. The zero-order valence-electron chi connectivity index (χ0n) is 10.1. The molecule has 4 heteroatoms. The van der Waals surface area contributed by atoms with Gasteiger partial charge in [0, 0.05) is 17.3 Å². The van der Waals surface area contributed by atoms with E-state index in [1.54, 1.807) is 7.11 Å². The summed E-state index contributed by atoms with van der Waals surface area (Å²) in [5, 5.41) is 9.82. The molecule has 0 aromatic heterocycles. The number of rotatable bonds is 8. The number of aliphatic hydroxyl groups is 1. The van der Waals surface area contributed by atoms with E-state index in [1.807, 2.05) is 0 Å². The number of benzene rings is 1. The molecule has 0 spiro atoms. The SMILES string of the molecule is COCCOCCC(O)Cc1ccc(I)cc1. The molecular formula is C13H19IO3. The molecule has 1 aromatic rings. The molecule has 0 heterocycles. The zero-order chi connectivity index (χ0) is 12.5. The van der Waals surface area contributed by atoms with Gasteiger partial charge in [-0.1, -0.05) is 12.1 Å². The first-order chi connectivity index (χ1) is 8.22. The van der Waals surface area contributed by atoms with E-state index in [2.05, 4.69) is 46.9 Å². The minimum Gasteiger partial charge on any atom is -0.393 e. The van der Waals surface area contributed by atoms with Crippen molar-refractivity contribution in [2.75, 3.05) is 26.9 Å². The van der Waals surface area contributed by atoms with Gasteiger partial charge in [-0.05, 0) is 53.1 Å². The predicted octanol–water partition coefficient (Wildman–Crippen LogP) is 2.25. The van der Waals surface area contributed by atoms with Crippen LogP contribution in [0.25, 0.3) is 0 Å². The van der Waals surface area contributed by atoms with E-state index in [1.165, 1.54) is 3.57 Å². The van der Waals surface area contributed by atoms with Crippen LogP contribution in [0.5, 0.6) is 0 Å². The second-order valence-corrected chi connectivity index (χ2v) is 5.12. The molecule has 0 saturated carbocycles. The first-order valence-electron chi connectivity index (χ1n) is 5.71. The Bertz CT molecular complexity index is 300. The highest BCUT2D eigenvalue weighted by molar-refractivity contribution is 14.1. The largest absolute Gasteiger partial charge is 0.393 e. The van der Waals surface area contributed by atoms with Gasteiger partial charge in [0.25, 0.3) is 0 Å². The summed E-state index contributed by atoms with van der Waals surface area (Å²) in [6, 6.07) is 8.21. The number of methoxy groups -OCH3 is 1. The Kier molecular flexibility index (Phi) is 7.75. The van der Waals surface area contributed by atoms with E-state index in [4.69, 9.17) is 9.47 Å². The number of aliphatic hydroxyl groups excluding tert-OH is 1. The summed E-state index contributed by atoms with van der Waals surface area (Å²) in [4.78, 5) is 0. The summed E-state index contributed by atoms with van der Waals surface area (Å²) in [6.45, 7) is 1.77. The van der Waals surface area contributed by atoms with Gasteiger partial charge in [-0.3, -0.25) is 0 Å². The predicted molar refractivity (Wildman–Crippen MR) is 76.2 cm³/mol. The van der Waals surface area contributed by atoms with Crippen molar-refractivity contribution in [2.45, 2.75) is 18.9 Å². The van der Waals surface area contributed by atoms with Crippen LogP contribution in [0.4, 0.5) is 0 Å². The highest BCUT2D eigenvalue weighted by atomic mass is 127. The molecule has 0 aliphatic carbocycles. The lowest BCUT2D eigenvalue weighted by Crippen LogP contribution is -2.14. The third kappa shape index (κ3) is 6.98. The number of halogens is 1. The topological polar surface area (TPSA) is 38.7 Å². The average Bonchev–Trinajstić information content (AvgIpc) is 2.32. The fourth-order valence-electron chi connectivity index (χ4n) is 1.46. The molecule has 1 aromatic carbocycles. The quantitative estimate of drug-likeness (QED) is 0.577. The van der Waals surface area contributed by atoms with E-state index < -0.39 is 0 Å². The van der Waals surface area contributed by atoms with Crippen LogP contribution in [0.1, 0.15) is 12.0 Å². The Morgan fingerprint density at radius 1 is 1.18 bits per heavy atom. The van der Waals surface area contributed by atoms with E-state index in [-0.39, 0.29) is 6.10 Å². The minimum atomic E-state index is -0.336. The Labute approximate surface area is 116 Å². The van der Waals surface area contributed by atoms with Crippen LogP contribution >= 0.6 is 22.6 Å². The van der Waals surface area contributed by atoms with Gasteiger partial charge >= 0.3 is 0 Å². The third-order valence-corrected chi connectivity index (χ3v) is 3.13. The summed E-state index contributed by atoms with van der Waals surface area (Å²) < 4.78 is 11.4. The smallest absolute Gasteiger partial charge is 0.0700 e. The average molecular weight is 350 g/mol. The maximum absolute atomic E-state index is 9.82. The molecule has 1 atom stereocenters. The molecule has 1 rings (SSSR count). The van der Waals surface area contributed by atoms with Gasteiger partial charge < -0.3 is 14.6 Å². The van der Waals surface area contributed by atoms with Gasteiger partial charge in [0.15, 0.2) is 0 Å². The second kappa shape index (κ2) is 8.85. The number of hydrogen-bond acceptors (Lipinski definition) is 3. The van der Waals surface area contributed by atoms with Crippen LogP contribution in [-0.4, -0.2) is 38.1 Å². The zero-order valence-corrected chi connectivity index (χ0v) is 12.2. The molecule has 17 heavy (non-hydrogen) atoms. The maximum Gasteiger partial charge on any atom is 0.0700 e. The van der Waals surface area contributed by atoms with Crippen molar-refractivity contribution in [2.24, 2.45) is 0 Å². The summed E-state index contributed by atoms with van der Waals surface area (Å²) >= 11 is 2.27. The lowest BCUT2D eigenvalue weighted by atomic mass is 10.1. The summed E-state index contributed by atoms with van der Waals surface area (Å²) in [6.07, 6.45) is 1.01. The fraction of sp³-hybridized carbons (Fsp3) is 0.538. The normalized spacial score (nSPS) is 12.6. The standard InChI is InChI=1S/C13H19IO3/c1-16-8-9-17-7-6-13(15)10-11-2-4-12(14)5-3-11/h2-5,13,15H,6-10H2,1H3. The van der Waals surface area contributed by atoms with Gasteiger partial charge in [0.05, 0.1) is 19.3 Å². The highest BCUT2D eigenvalue weighted by Gasteiger charge is 2.05. The van der Waals surface area contributed by atoms with Gasteiger partial charge in [0.2, 0.25) is 0 Å². The van der Waals surface area contributed by atoms with Crippen molar-refractivity contribution in [3.8, 4) is 0 Å². The molecule has 96 valence electrons.